The molecular weight excluding hydrogens is 196 g/mol. The lowest BCUT2D eigenvalue weighted by molar-refractivity contribution is -0.384. The second-order valence-corrected chi connectivity index (χ2v) is 2.99. The van der Waals surface area contributed by atoms with Crippen LogP contribution < -0.4 is 0 Å². The molecule has 0 radical (unpaired) electrons. The molecular formula is C9H8N4O2. The van der Waals surface area contributed by atoms with Gasteiger partial charge in [-0.3, -0.25) is 10.1 Å². The molecule has 1 aromatic carbocycles. The first kappa shape index (κ1) is 9.32. The van der Waals surface area contributed by atoms with Crippen LogP contribution in [0.3, 0.4) is 0 Å². The quantitative estimate of drug-likeness (QED) is 0.556. The second kappa shape index (κ2) is 3.87. The predicted molar refractivity (Wildman–Crippen MR) is 52.2 cm³/mol. The third-order valence-corrected chi connectivity index (χ3v) is 1.91. The molecule has 0 aliphatic rings. The lowest BCUT2D eigenvalue weighted by atomic mass is 10.2. The van der Waals surface area contributed by atoms with Crippen molar-refractivity contribution in [3.63, 3.8) is 0 Å². The minimum atomic E-state index is -0.417. The number of nitrogens with zero attached hydrogens (tertiary/aromatic N) is 4. The molecule has 0 aliphatic carbocycles. The Morgan fingerprint density at radius 2 is 2.07 bits per heavy atom. The van der Waals surface area contributed by atoms with Gasteiger partial charge in [0.25, 0.3) is 5.69 Å². The lowest BCUT2D eigenvalue weighted by Crippen LogP contribution is -2.03. The number of rotatable bonds is 3. The highest BCUT2D eigenvalue weighted by Gasteiger charge is 2.05. The Bertz CT molecular complexity index is 467. The van der Waals surface area contributed by atoms with Crippen molar-refractivity contribution >= 4 is 5.69 Å². The zero-order valence-electron chi connectivity index (χ0n) is 7.78. The molecule has 0 atom stereocenters. The van der Waals surface area contributed by atoms with E-state index in [2.05, 4.69) is 10.2 Å². The molecule has 1 aromatic heterocycles. The summed E-state index contributed by atoms with van der Waals surface area (Å²) >= 11 is 0. The summed E-state index contributed by atoms with van der Waals surface area (Å²) in [4.78, 5) is 11.6. The van der Waals surface area contributed by atoms with Gasteiger partial charge in [-0.2, -0.15) is 15.0 Å². The van der Waals surface area contributed by atoms with Gasteiger partial charge in [0.2, 0.25) is 0 Å². The summed E-state index contributed by atoms with van der Waals surface area (Å²) in [6, 6.07) is 6.43. The Hall–Kier alpha value is -2.24. The van der Waals surface area contributed by atoms with E-state index < -0.39 is 4.92 Å². The van der Waals surface area contributed by atoms with E-state index in [1.165, 1.54) is 16.9 Å². The molecule has 0 fully saturated rings. The van der Waals surface area contributed by atoms with Crippen molar-refractivity contribution in [3.05, 3.63) is 52.3 Å². The molecule has 2 aromatic rings. The van der Waals surface area contributed by atoms with Crippen LogP contribution in [0.1, 0.15) is 5.56 Å². The molecule has 6 heteroatoms. The fraction of sp³-hybridized carbons (Fsp3) is 0.111. The van der Waals surface area contributed by atoms with Gasteiger partial charge in [0.1, 0.15) is 0 Å². The first-order valence-electron chi connectivity index (χ1n) is 4.33. The molecule has 0 N–H and O–H groups in total. The van der Waals surface area contributed by atoms with E-state index in [0.29, 0.717) is 6.54 Å². The van der Waals surface area contributed by atoms with Gasteiger partial charge < -0.3 is 0 Å². The number of benzene rings is 1. The van der Waals surface area contributed by atoms with E-state index in [1.807, 2.05) is 0 Å². The van der Waals surface area contributed by atoms with Gasteiger partial charge >= 0.3 is 0 Å². The molecule has 6 nitrogen and oxygen atoms in total. The van der Waals surface area contributed by atoms with Gasteiger partial charge in [-0.1, -0.05) is 12.1 Å². The van der Waals surface area contributed by atoms with E-state index in [0.717, 1.165) is 5.56 Å². The average Bonchev–Trinajstić information content (AvgIpc) is 2.71. The van der Waals surface area contributed by atoms with Crippen LogP contribution >= 0.6 is 0 Å². The molecule has 0 saturated carbocycles. The Labute approximate surface area is 85.3 Å². The third-order valence-electron chi connectivity index (χ3n) is 1.91. The van der Waals surface area contributed by atoms with Crippen molar-refractivity contribution in [1.82, 2.24) is 15.0 Å². The summed E-state index contributed by atoms with van der Waals surface area (Å²) in [5, 5.41) is 18.4. The van der Waals surface area contributed by atoms with E-state index in [-0.39, 0.29) is 5.69 Å². The van der Waals surface area contributed by atoms with Crippen LogP contribution in [0.25, 0.3) is 0 Å². The summed E-state index contributed by atoms with van der Waals surface area (Å²) in [5.74, 6) is 0. The van der Waals surface area contributed by atoms with Crippen LogP contribution in [0.2, 0.25) is 0 Å². The lowest BCUT2D eigenvalue weighted by Gasteiger charge is -1.99. The summed E-state index contributed by atoms with van der Waals surface area (Å²) in [6.07, 6.45) is 3.13. The van der Waals surface area contributed by atoms with E-state index in [1.54, 1.807) is 24.5 Å². The van der Waals surface area contributed by atoms with Crippen molar-refractivity contribution in [2.45, 2.75) is 6.54 Å². The van der Waals surface area contributed by atoms with E-state index in [4.69, 9.17) is 0 Å². The number of nitro groups is 1. The van der Waals surface area contributed by atoms with Gasteiger partial charge in [-0.25, -0.2) is 0 Å². The topological polar surface area (TPSA) is 73.8 Å². The largest absolute Gasteiger partial charge is 0.269 e. The number of hydrogen-bond donors (Lipinski definition) is 0. The van der Waals surface area contributed by atoms with E-state index >= 15 is 0 Å². The van der Waals surface area contributed by atoms with Crippen LogP contribution in [-0.2, 0) is 6.54 Å². The number of nitro benzene ring substituents is 1. The molecule has 0 spiro atoms. The predicted octanol–water partition coefficient (Wildman–Crippen LogP) is 1.23. The van der Waals surface area contributed by atoms with Crippen LogP contribution in [0, 0.1) is 10.1 Å². The zero-order chi connectivity index (χ0) is 10.7. The van der Waals surface area contributed by atoms with Crippen LogP contribution in [0.5, 0.6) is 0 Å². The van der Waals surface area contributed by atoms with Crippen molar-refractivity contribution in [2.75, 3.05) is 0 Å². The highest BCUT2D eigenvalue weighted by molar-refractivity contribution is 5.34. The smallest absolute Gasteiger partial charge is 0.258 e. The molecule has 0 bridgehead atoms. The van der Waals surface area contributed by atoms with Gasteiger partial charge in [0.15, 0.2) is 0 Å². The normalized spacial score (nSPS) is 10.1. The number of non-ortho nitro benzene ring substituents is 1. The summed E-state index contributed by atoms with van der Waals surface area (Å²) in [6.45, 7) is 0.439. The minimum absolute atomic E-state index is 0.0830. The SMILES string of the molecule is O=[N+]([O-])c1cccc(Cn2nccn2)c1. The third kappa shape index (κ3) is 2.16. The number of hydrogen-bond acceptors (Lipinski definition) is 4. The maximum absolute atomic E-state index is 10.5. The second-order valence-electron chi connectivity index (χ2n) is 2.99. The fourth-order valence-corrected chi connectivity index (χ4v) is 1.26. The standard InChI is InChI=1S/C9H8N4O2/c14-13(15)9-3-1-2-8(6-9)7-12-10-4-5-11-12/h1-6H,7H2. The zero-order valence-corrected chi connectivity index (χ0v) is 7.78. The number of aromatic nitrogens is 3. The molecule has 0 aliphatic heterocycles. The van der Waals surface area contributed by atoms with E-state index in [9.17, 15) is 10.1 Å². The monoisotopic (exact) mass is 204 g/mol. The summed E-state index contributed by atoms with van der Waals surface area (Å²) in [7, 11) is 0. The van der Waals surface area contributed by atoms with Gasteiger partial charge in [0, 0.05) is 12.1 Å². The Balaban J connectivity index is 2.22. The van der Waals surface area contributed by atoms with Crippen LogP contribution in [0.15, 0.2) is 36.7 Å². The summed E-state index contributed by atoms with van der Waals surface area (Å²) in [5.41, 5.74) is 0.889. The Morgan fingerprint density at radius 1 is 1.33 bits per heavy atom. The molecule has 1 heterocycles. The minimum Gasteiger partial charge on any atom is -0.258 e. The maximum Gasteiger partial charge on any atom is 0.269 e. The average molecular weight is 204 g/mol. The van der Waals surface area contributed by atoms with Gasteiger partial charge in [0.05, 0.1) is 23.9 Å². The highest BCUT2D eigenvalue weighted by atomic mass is 16.6. The van der Waals surface area contributed by atoms with Crippen molar-refractivity contribution in [1.29, 1.82) is 0 Å². The highest BCUT2D eigenvalue weighted by Crippen LogP contribution is 2.13. The van der Waals surface area contributed by atoms with Crippen molar-refractivity contribution < 1.29 is 4.92 Å². The molecule has 76 valence electrons. The fourth-order valence-electron chi connectivity index (χ4n) is 1.26. The Kier molecular flexibility index (Phi) is 2.40. The van der Waals surface area contributed by atoms with Gasteiger partial charge in [-0.15, -0.1) is 0 Å². The van der Waals surface area contributed by atoms with Crippen LogP contribution in [-0.4, -0.2) is 19.9 Å². The molecule has 2 rings (SSSR count). The molecule has 0 unspecified atom stereocenters. The first-order chi connectivity index (χ1) is 7.25. The van der Waals surface area contributed by atoms with Crippen molar-refractivity contribution in [2.24, 2.45) is 0 Å². The molecule has 15 heavy (non-hydrogen) atoms. The summed E-state index contributed by atoms with van der Waals surface area (Å²) < 4.78 is 0. The Morgan fingerprint density at radius 3 is 2.73 bits per heavy atom. The van der Waals surface area contributed by atoms with Crippen molar-refractivity contribution in [3.8, 4) is 0 Å². The first-order valence-corrected chi connectivity index (χ1v) is 4.33. The molecule has 0 amide bonds. The van der Waals surface area contributed by atoms with Crippen LogP contribution in [0.4, 0.5) is 5.69 Å². The molecule has 0 saturated heterocycles. The maximum atomic E-state index is 10.5. The van der Waals surface area contributed by atoms with Gasteiger partial charge in [-0.05, 0) is 5.56 Å².